The van der Waals surface area contributed by atoms with Crippen LogP contribution in [0, 0.1) is 0 Å². The van der Waals surface area contributed by atoms with Crippen molar-refractivity contribution in [2.75, 3.05) is 5.32 Å². The minimum absolute atomic E-state index is 0.196. The molecule has 0 radical (unpaired) electrons. The minimum Gasteiger partial charge on any atom is -0.379 e. The molecule has 0 fully saturated rings. The number of nitrogens with one attached hydrogen (secondary N) is 1. The van der Waals surface area contributed by atoms with E-state index in [0.29, 0.717) is 6.54 Å². The van der Waals surface area contributed by atoms with Gasteiger partial charge in [-0.2, -0.15) is 0 Å². The van der Waals surface area contributed by atoms with Gasteiger partial charge in [-0.3, -0.25) is 0 Å². The van der Waals surface area contributed by atoms with E-state index in [0.717, 1.165) is 15.0 Å². The van der Waals surface area contributed by atoms with Gasteiger partial charge in [0, 0.05) is 5.69 Å². The van der Waals surface area contributed by atoms with Gasteiger partial charge in [0.25, 0.3) is 0 Å². The van der Waals surface area contributed by atoms with Crippen LogP contribution >= 0.6 is 22.9 Å². The first-order valence-electron chi connectivity index (χ1n) is 5.90. The first kappa shape index (κ1) is 13.4. The summed E-state index contributed by atoms with van der Waals surface area (Å²) in [5.41, 5.74) is 2.64. The zero-order valence-electron chi connectivity index (χ0n) is 10.8. The highest BCUT2D eigenvalue weighted by Crippen LogP contribution is 2.24. The van der Waals surface area contributed by atoms with Crippen LogP contribution in [0.5, 0.6) is 0 Å². The second-order valence-corrected chi connectivity index (χ2v) is 6.99. The first-order valence-corrected chi connectivity index (χ1v) is 7.09. The zero-order chi connectivity index (χ0) is 13.2. The Balaban J connectivity index is 1.98. The fourth-order valence-corrected chi connectivity index (χ4v) is 2.53. The second kappa shape index (κ2) is 5.29. The molecule has 1 heterocycles. The molecular formula is C14H17ClN2S. The molecule has 0 aliphatic carbocycles. The van der Waals surface area contributed by atoms with E-state index in [-0.39, 0.29) is 5.41 Å². The summed E-state index contributed by atoms with van der Waals surface area (Å²) in [6.45, 7) is 7.36. The molecule has 1 aromatic carbocycles. The van der Waals surface area contributed by atoms with Gasteiger partial charge in [-0.1, -0.05) is 44.5 Å². The number of benzene rings is 1. The van der Waals surface area contributed by atoms with Crippen LogP contribution in [0.3, 0.4) is 0 Å². The molecule has 2 nitrogen and oxygen atoms in total. The van der Waals surface area contributed by atoms with Crippen LogP contribution in [0.4, 0.5) is 5.69 Å². The lowest BCUT2D eigenvalue weighted by atomic mass is 9.87. The smallest absolute Gasteiger partial charge is 0.113 e. The Morgan fingerprint density at radius 1 is 1.22 bits per heavy atom. The molecule has 0 spiro atoms. The Kier molecular flexibility index (Phi) is 3.93. The Bertz CT molecular complexity index is 511. The van der Waals surface area contributed by atoms with Gasteiger partial charge < -0.3 is 5.32 Å². The van der Waals surface area contributed by atoms with E-state index in [1.54, 1.807) is 6.20 Å². The van der Waals surface area contributed by atoms with Crippen LogP contribution in [0.1, 0.15) is 31.3 Å². The maximum atomic E-state index is 5.84. The molecule has 2 aromatic rings. The van der Waals surface area contributed by atoms with Crippen molar-refractivity contribution in [1.29, 1.82) is 0 Å². The van der Waals surface area contributed by atoms with Crippen molar-refractivity contribution in [3.8, 4) is 0 Å². The van der Waals surface area contributed by atoms with Gasteiger partial charge in [0.05, 0.1) is 12.7 Å². The van der Waals surface area contributed by atoms with Crippen molar-refractivity contribution in [3.63, 3.8) is 0 Å². The number of halogens is 1. The molecule has 96 valence electrons. The van der Waals surface area contributed by atoms with Gasteiger partial charge in [0.15, 0.2) is 0 Å². The lowest BCUT2D eigenvalue weighted by molar-refractivity contribution is 0.590. The summed E-state index contributed by atoms with van der Waals surface area (Å²) in [5.74, 6) is 0. The lowest BCUT2D eigenvalue weighted by Crippen LogP contribution is -2.10. The van der Waals surface area contributed by atoms with Crippen LogP contribution in [-0.4, -0.2) is 4.98 Å². The average Bonchev–Trinajstić information content (AvgIpc) is 2.72. The van der Waals surface area contributed by atoms with E-state index in [9.17, 15) is 0 Å². The van der Waals surface area contributed by atoms with Crippen LogP contribution < -0.4 is 5.32 Å². The van der Waals surface area contributed by atoms with Crippen molar-refractivity contribution in [2.24, 2.45) is 0 Å². The summed E-state index contributed by atoms with van der Waals surface area (Å²) in [6.07, 6.45) is 1.69. The number of rotatable bonds is 3. The van der Waals surface area contributed by atoms with E-state index in [1.165, 1.54) is 16.9 Å². The van der Waals surface area contributed by atoms with Gasteiger partial charge in [-0.25, -0.2) is 4.98 Å². The summed E-state index contributed by atoms with van der Waals surface area (Å²) in [5, 5.41) is 4.34. The highest BCUT2D eigenvalue weighted by atomic mass is 35.5. The van der Waals surface area contributed by atoms with Crippen molar-refractivity contribution in [3.05, 3.63) is 45.4 Å². The fraction of sp³-hybridized carbons (Fsp3) is 0.357. The van der Waals surface area contributed by atoms with Crippen LogP contribution in [0.25, 0.3) is 0 Å². The molecule has 0 atom stereocenters. The third kappa shape index (κ3) is 3.47. The van der Waals surface area contributed by atoms with Crippen LogP contribution in [0.2, 0.25) is 4.34 Å². The number of anilines is 1. The summed E-state index contributed by atoms with van der Waals surface area (Å²) >= 11 is 7.35. The molecule has 0 aliphatic rings. The molecule has 0 aliphatic heterocycles. The van der Waals surface area contributed by atoms with Gasteiger partial charge in [0.2, 0.25) is 0 Å². The first-order chi connectivity index (χ1) is 8.45. The molecule has 2 rings (SSSR count). The van der Waals surface area contributed by atoms with E-state index in [4.69, 9.17) is 11.6 Å². The highest BCUT2D eigenvalue weighted by molar-refractivity contribution is 7.15. The number of thiazole rings is 1. The fourth-order valence-electron chi connectivity index (χ4n) is 1.64. The predicted molar refractivity (Wildman–Crippen MR) is 79.6 cm³/mol. The van der Waals surface area contributed by atoms with E-state index in [2.05, 4.69) is 55.3 Å². The molecule has 1 aromatic heterocycles. The third-order valence-corrected chi connectivity index (χ3v) is 3.83. The molecule has 0 unspecified atom stereocenters. The van der Waals surface area contributed by atoms with E-state index in [1.807, 2.05) is 0 Å². The molecule has 0 bridgehead atoms. The Labute approximate surface area is 117 Å². The number of hydrogen-bond donors (Lipinski definition) is 1. The maximum absolute atomic E-state index is 5.84. The monoisotopic (exact) mass is 280 g/mol. The van der Waals surface area contributed by atoms with Gasteiger partial charge >= 0.3 is 0 Å². The Morgan fingerprint density at radius 2 is 1.89 bits per heavy atom. The zero-order valence-corrected chi connectivity index (χ0v) is 12.4. The van der Waals surface area contributed by atoms with Crippen molar-refractivity contribution < 1.29 is 0 Å². The van der Waals surface area contributed by atoms with E-state index < -0.39 is 0 Å². The highest BCUT2D eigenvalue weighted by Gasteiger charge is 2.12. The number of nitrogens with zero attached hydrogens (tertiary/aromatic N) is 1. The summed E-state index contributed by atoms with van der Waals surface area (Å²) in [7, 11) is 0. The molecule has 1 N–H and O–H groups in total. The molecule has 0 amide bonds. The van der Waals surface area contributed by atoms with Crippen molar-refractivity contribution >= 4 is 28.6 Å². The Hall–Kier alpha value is -1.06. The van der Waals surface area contributed by atoms with Gasteiger partial charge in [0.1, 0.15) is 9.34 Å². The third-order valence-electron chi connectivity index (χ3n) is 2.72. The lowest BCUT2D eigenvalue weighted by Gasteiger charge is -2.19. The average molecular weight is 281 g/mol. The second-order valence-electron chi connectivity index (χ2n) is 5.24. The number of hydrogen-bond acceptors (Lipinski definition) is 3. The molecule has 18 heavy (non-hydrogen) atoms. The van der Waals surface area contributed by atoms with Crippen LogP contribution in [0.15, 0.2) is 30.5 Å². The molecule has 0 saturated carbocycles. The van der Waals surface area contributed by atoms with Gasteiger partial charge in [-0.15, -0.1) is 11.3 Å². The Morgan fingerprint density at radius 3 is 2.39 bits per heavy atom. The van der Waals surface area contributed by atoms with E-state index >= 15 is 0 Å². The van der Waals surface area contributed by atoms with Crippen molar-refractivity contribution in [2.45, 2.75) is 32.7 Å². The molecule has 0 saturated heterocycles. The standard InChI is InChI=1S/C14H17ClN2S/c1-14(2,3)10-4-6-11(7-5-10)16-9-13-17-8-12(15)18-13/h4-8,16H,9H2,1-3H3. The minimum atomic E-state index is 0.196. The summed E-state index contributed by atoms with van der Waals surface area (Å²) in [6, 6.07) is 8.54. The molecular weight excluding hydrogens is 264 g/mol. The normalized spacial score (nSPS) is 11.6. The number of aromatic nitrogens is 1. The topological polar surface area (TPSA) is 24.9 Å². The summed E-state index contributed by atoms with van der Waals surface area (Å²) in [4.78, 5) is 4.21. The summed E-state index contributed by atoms with van der Waals surface area (Å²) < 4.78 is 0.731. The maximum Gasteiger partial charge on any atom is 0.113 e. The van der Waals surface area contributed by atoms with Crippen LogP contribution in [-0.2, 0) is 12.0 Å². The molecule has 4 heteroatoms. The SMILES string of the molecule is CC(C)(C)c1ccc(NCc2ncc(Cl)s2)cc1. The largest absolute Gasteiger partial charge is 0.379 e. The van der Waals surface area contributed by atoms with Gasteiger partial charge in [-0.05, 0) is 23.1 Å². The quantitative estimate of drug-likeness (QED) is 0.881. The predicted octanol–water partition coefficient (Wildman–Crippen LogP) is 4.71. The van der Waals surface area contributed by atoms with Crippen molar-refractivity contribution in [1.82, 2.24) is 4.98 Å².